The molecule has 0 spiro atoms. The third kappa shape index (κ3) is 4.93. The molecular formula is C18H20ClN3O4. The summed E-state index contributed by atoms with van der Waals surface area (Å²) in [6.07, 6.45) is -0.938. The van der Waals surface area contributed by atoms with E-state index < -0.39 is 11.0 Å². The summed E-state index contributed by atoms with van der Waals surface area (Å²) in [7, 11) is 0. The lowest BCUT2D eigenvalue weighted by Crippen LogP contribution is -2.30. The van der Waals surface area contributed by atoms with E-state index in [1.165, 1.54) is 18.2 Å². The third-order valence-corrected chi connectivity index (χ3v) is 3.97. The summed E-state index contributed by atoms with van der Waals surface area (Å²) < 4.78 is 0. The number of anilines is 1. The highest BCUT2D eigenvalue weighted by atomic mass is 35.5. The van der Waals surface area contributed by atoms with Crippen molar-refractivity contribution in [3.63, 3.8) is 0 Å². The molecule has 2 aromatic rings. The number of aliphatic hydroxyl groups is 1. The van der Waals surface area contributed by atoms with Crippen LogP contribution in [-0.2, 0) is 0 Å². The fourth-order valence-electron chi connectivity index (χ4n) is 2.38. The molecular weight excluding hydrogens is 358 g/mol. The van der Waals surface area contributed by atoms with Crippen LogP contribution < -0.4 is 10.6 Å². The Balaban J connectivity index is 2.17. The van der Waals surface area contributed by atoms with Gasteiger partial charge in [-0.05, 0) is 32.0 Å². The number of nitro groups is 1. The van der Waals surface area contributed by atoms with Crippen molar-refractivity contribution in [2.45, 2.75) is 26.0 Å². The van der Waals surface area contributed by atoms with Crippen LogP contribution in [0.1, 0.15) is 35.9 Å². The van der Waals surface area contributed by atoms with Crippen LogP contribution in [0.2, 0.25) is 5.02 Å². The summed E-state index contributed by atoms with van der Waals surface area (Å²) in [5, 5.41) is 27.5. The van der Waals surface area contributed by atoms with Crippen molar-refractivity contribution >= 4 is 28.9 Å². The number of benzene rings is 2. The van der Waals surface area contributed by atoms with Crippen molar-refractivity contribution in [1.82, 2.24) is 5.32 Å². The molecule has 0 heterocycles. The predicted octanol–water partition coefficient (Wildman–Crippen LogP) is 3.53. The smallest absolute Gasteiger partial charge is 0.293 e. The molecule has 26 heavy (non-hydrogen) atoms. The maximum Gasteiger partial charge on any atom is 0.293 e. The lowest BCUT2D eigenvalue weighted by molar-refractivity contribution is -0.384. The second kappa shape index (κ2) is 8.64. The first-order chi connectivity index (χ1) is 12.3. The lowest BCUT2D eigenvalue weighted by Gasteiger charge is -2.15. The van der Waals surface area contributed by atoms with Crippen molar-refractivity contribution in [1.29, 1.82) is 0 Å². The molecule has 0 aliphatic rings. The van der Waals surface area contributed by atoms with Crippen molar-refractivity contribution in [2.75, 3.05) is 11.9 Å². The summed E-state index contributed by atoms with van der Waals surface area (Å²) in [5.41, 5.74) is 0.690. The molecule has 0 aromatic heterocycles. The Kier molecular flexibility index (Phi) is 6.54. The summed E-state index contributed by atoms with van der Waals surface area (Å²) in [5.74, 6) is -0.384. The van der Waals surface area contributed by atoms with Gasteiger partial charge in [0, 0.05) is 34.8 Å². The Morgan fingerprint density at radius 2 is 1.96 bits per heavy atom. The molecule has 2 aromatic carbocycles. The minimum absolute atomic E-state index is 0.0299. The maximum absolute atomic E-state index is 12.0. The van der Waals surface area contributed by atoms with Gasteiger partial charge in [-0.3, -0.25) is 14.9 Å². The van der Waals surface area contributed by atoms with E-state index in [2.05, 4.69) is 10.6 Å². The molecule has 0 saturated heterocycles. The van der Waals surface area contributed by atoms with Crippen LogP contribution in [0.3, 0.4) is 0 Å². The molecule has 0 fully saturated rings. The van der Waals surface area contributed by atoms with Crippen LogP contribution in [0.5, 0.6) is 0 Å². The van der Waals surface area contributed by atoms with Gasteiger partial charge in [0.2, 0.25) is 0 Å². The zero-order chi connectivity index (χ0) is 19.3. The second-order valence-electron chi connectivity index (χ2n) is 6.04. The van der Waals surface area contributed by atoms with Crippen LogP contribution in [0.15, 0.2) is 42.5 Å². The molecule has 0 saturated carbocycles. The Hall–Kier alpha value is -2.64. The minimum Gasteiger partial charge on any atom is -0.387 e. The zero-order valence-corrected chi connectivity index (χ0v) is 15.2. The first-order valence-electron chi connectivity index (χ1n) is 8.05. The molecule has 1 atom stereocenters. The number of halogens is 1. The highest BCUT2D eigenvalue weighted by Gasteiger charge is 2.19. The molecule has 8 heteroatoms. The number of nitrogens with zero attached hydrogens (tertiary/aromatic N) is 1. The molecule has 0 aliphatic heterocycles. The van der Waals surface area contributed by atoms with Crippen LogP contribution in [0, 0.1) is 10.1 Å². The van der Waals surface area contributed by atoms with Crippen LogP contribution >= 0.6 is 11.6 Å². The molecule has 7 nitrogen and oxygen atoms in total. The SMILES string of the molecule is CC(C)NC(=O)c1ccc(NCC(O)c2ccccc2Cl)c([N+](=O)[O-])c1. The van der Waals surface area contributed by atoms with Gasteiger partial charge < -0.3 is 15.7 Å². The van der Waals surface area contributed by atoms with E-state index in [4.69, 9.17) is 11.6 Å². The normalized spacial score (nSPS) is 11.9. The zero-order valence-electron chi connectivity index (χ0n) is 14.4. The van der Waals surface area contributed by atoms with Gasteiger partial charge in [-0.25, -0.2) is 0 Å². The van der Waals surface area contributed by atoms with E-state index in [0.29, 0.717) is 10.6 Å². The van der Waals surface area contributed by atoms with Crippen molar-refractivity contribution in [3.05, 3.63) is 68.7 Å². The molecule has 0 radical (unpaired) electrons. The quantitative estimate of drug-likeness (QED) is 0.505. The Morgan fingerprint density at radius 3 is 2.58 bits per heavy atom. The number of hydrogen-bond acceptors (Lipinski definition) is 5. The average Bonchev–Trinajstić information content (AvgIpc) is 2.59. The number of nitrogens with one attached hydrogen (secondary N) is 2. The topological polar surface area (TPSA) is 104 Å². The van der Waals surface area contributed by atoms with Gasteiger partial charge in [0.15, 0.2) is 0 Å². The minimum atomic E-state index is -0.938. The molecule has 1 amide bonds. The maximum atomic E-state index is 12.0. The van der Waals surface area contributed by atoms with Gasteiger partial charge in [0.1, 0.15) is 5.69 Å². The number of carbonyl (C=O) groups is 1. The molecule has 0 bridgehead atoms. The molecule has 0 aliphatic carbocycles. The fourth-order valence-corrected chi connectivity index (χ4v) is 2.64. The van der Waals surface area contributed by atoms with Crippen LogP contribution in [0.25, 0.3) is 0 Å². The molecule has 3 N–H and O–H groups in total. The van der Waals surface area contributed by atoms with Crippen molar-refractivity contribution in [3.8, 4) is 0 Å². The van der Waals surface area contributed by atoms with Gasteiger partial charge in [0.05, 0.1) is 11.0 Å². The van der Waals surface area contributed by atoms with Crippen LogP contribution in [0.4, 0.5) is 11.4 Å². The van der Waals surface area contributed by atoms with Gasteiger partial charge in [-0.15, -0.1) is 0 Å². The summed E-state index contributed by atoms with van der Waals surface area (Å²) in [6.45, 7) is 3.64. The average molecular weight is 378 g/mol. The van der Waals surface area contributed by atoms with E-state index in [1.54, 1.807) is 38.1 Å². The molecule has 2 rings (SSSR count). The van der Waals surface area contributed by atoms with Crippen molar-refractivity contribution < 1.29 is 14.8 Å². The van der Waals surface area contributed by atoms with E-state index in [0.717, 1.165) is 0 Å². The number of aliphatic hydroxyl groups excluding tert-OH is 1. The highest BCUT2D eigenvalue weighted by molar-refractivity contribution is 6.31. The predicted molar refractivity (Wildman–Crippen MR) is 101 cm³/mol. The van der Waals surface area contributed by atoms with E-state index in [-0.39, 0.29) is 35.4 Å². The number of carbonyl (C=O) groups excluding carboxylic acids is 1. The van der Waals surface area contributed by atoms with Crippen LogP contribution in [-0.4, -0.2) is 28.5 Å². The summed E-state index contributed by atoms with van der Waals surface area (Å²) in [4.78, 5) is 22.8. The summed E-state index contributed by atoms with van der Waals surface area (Å²) >= 11 is 6.04. The largest absolute Gasteiger partial charge is 0.387 e. The number of nitro benzene ring substituents is 1. The second-order valence-corrected chi connectivity index (χ2v) is 6.44. The lowest BCUT2D eigenvalue weighted by atomic mass is 10.1. The van der Waals surface area contributed by atoms with Gasteiger partial charge in [-0.2, -0.15) is 0 Å². The standard InChI is InChI=1S/C18H20ClN3O4/c1-11(2)21-18(24)12-7-8-15(16(9-12)22(25)26)20-10-17(23)13-5-3-4-6-14(13)19/h3-9,11,17,20,23H,10H2,1-2H3,(H,21,24). The molecule has 1 unspecified atom stereocenters. The highest BCUT2D eigenvalue weighted by Crippen LogP contribution is 2.28. The van der Waals surface area contributed by atoms with Gasteiger partial charge in [-0.1, -0.05) is 29.8 Å². The Bertz CT molecular complexity index is 811. The van der Waals surface area contributed by atoms with E-state index >= 15 is 0 Å². The number of amides is 1. The van der Waals surface area contributed by atoms with Gasteiger partial charge in [0.25, 0.3) is 11.6 Å². The van der Waals surface area contributed by atoms with Gasteiger partial charge >= 0.3 is 0 Å². The first kappa shape index (κ1) is 19.7. The van der Waals surface area contributed by atoms with E-state index in [1.807, 2.05) is 0 Å². The third-order valence-electron chi connectivity index (χ3n) is 3.63. The first-order valence-corrected chi connectivity index (χ1v) is 8.43. The van der Waals surface area contributed by atoms with E-state index in [9.17, 15) is 20.0 Å². The number of rotatable bonds is 7. The summed E-state index contributed by atoms with van der Waals surface area (Å²) in [6, 6.07) is 10.9. The monoisotopic (exact) mass is 377 g/mol. The van der Waals surface area contributed by atoms with Crippen molar-refractivity contribution in [2.24, 2.45) is 0 Å². The molecule has 138 valence electrons. The fraction of sp³-hybridized carbons (Fsp3) is 0.278. The number of hydrogen-bond donors (Lipinski definition) is 3. The Morgan fingerprint density at radius 1 is 1.27 bits per heavy atom. The Labute approximate surface area is 156 Å².